The van der Waals surface area contributed by atoms with Gasteiger partial charge in [0.15, 0.2) is 6.10 Å². The van der Waals surface area contributed by atoms with Crippen molar-refractivity contribution in [3.63, 3.8) is 0 Å². The Morgan fingerprint density at radius 3 is 2.95 bits per heavy atom. The van der Waals surface area contributed by atoms with E-state index in [0.29, 0.717) is 12.1 Å². The van der Waals surface area contributed by atoms with E-state index in [9.17, 15) is 19.3 Å². The number of carboxylic acid groups (broad SMARTS) is 1. The van der Waals surface area contributed by atoms with E-state index < -0.39 is 22.8 Å². The molecule has 1 unspecified atom stereocenters. The summed E-state index contributed by atoms with van der Waals surface area (Å²) in [6.45, 7) is 1.16. The maximum atomic E-state index is 13.3. The number of ether oxygens (including phenoxy) is 1. The highest BCUT2D eigenvalue weighted by Crippen LogP contribution is 2.18. The van der Waals surface area contributed by atoms with Gasteiger partial charge in [-0.3, -0.25) is 15.0 Å². The summed E-state index contributed by atoms with van der Waals surface area (Å²) in [4.78, 5) is 22.6. The van der Waals surface area contributed by atoms with Gasteiger partial charge >= 0.3 is 5.97 Å². The lowest BCUT2D eigenvalue weighted by Crippen LogP contribution is -2.45. The average Bonchev–Trinajstić information content (AvgIpc) is 2.38. The Balaban J connectivity index is 2.09. The van der Waals surface area contributed by atoms with Gasteiger partial charge in [-0.2, -0.15) is 0 Å². The third-order valence-corrected chi connectivity index (χ3v) is 2.99. The molecule has 1 aromatic carbocycles. The summed E-state index contributed by atoms with van der Waals surface area (Å²) in [7, 11) is 0. The minimum atomic E-state index is -1.06. The molecular weight excluding hydrogens is 271 g/mol. The zero-order valence-electron chi connectivity index (χ0n) is 10.5. The molecule has 7 nitrogen and oxygen atoms in total. The Kier molecular flexibility index (Phi) is 4.26. The van der Waals surface area contributed by atoms with Crippen LogP contribution in [-0.4, -0.2) is 46.7 Å². The summed E-state index contributed by atoms with van der Waals surface area (Å²) in [6, 6.07) is 3.34. The number of carbonyl (C=O) groups is 1. The number of aliphatic carboxylic acids is 1. The van der Waals surface area contributed by atoms with E-state index in [-0.39, 0.29) is 25.4 Å². The van der Waals surface area contributed by atoms with Gasteiger partial charge in [-0.1, -0.05) is 0 Å². The quantitative estimate of drug-likeness (QED) is 0.655. The lowest BCUT2D eigenvalue weighted by molar-refractivity contribution is -0.385. The van der Waals surface area contributed by atoms with Gasteiger partial charge in [-0.25, -0.2) is 9.18 Å². The van der Waals surface area contributed by atoms with Crippen molar-refractivity contribution in [3.8, 4) is 0 Å². The Labute approximate surface area is 113 Å². The monoisotopic (exact) mass is 284 g/mol. The number of nitro groups is 1. The van der Waals surface area contributed by atoms with Crippen LogP contribution in [0, 0.1) is 15.9 Å². The van der Waals surface area contributed by atoms with Crippen LogP contribution < -0.4 is 0 Å². The maximum Gasteiger partial charge on any atom is 0.334 e. The van der Waals surface area contributed by atoms with Crippen LogP contribution in [0.1, 0.15) is 5.56 Å². The van der Waals surface area contributed by atoms with Crippen molar-refractivity contribution < 1.29 is 24.0 Å². The van der Waals surface area contributed by atoms with Crippen molar-refractivity contribution in [1.82, 2.24) is 4.90 Å². The van der Waals surface area contributed by atoms with Crippen LogP contribution in [0.25, 0.3) is 0 Å². The molecular formula is C12H13FN2O5. The summed E-state index contributed by atoms with van der Waals surface area (Å²) < 4.78 is 18.4. The standard InChI is InChI=1S/C12H13FN2O5/c13-9-3-8(4-10(5-9)15(18)19)6-14-1-2-20-11(7-14)12(16)17/h3-5,11H,1-2,6-7H2,(H,16,17). The molecule has 0 aromatic heterocycles. The van der Waals surface area contributed by atoms with Crippen molar-refractivity contribution in [1.29, 1.82) is 0 Å². The van der Waals surface area contributed by atoms with Crippen molar-refractivity contribution in [2.45, 2.75) is 12.6 Å². The SMILES string of the molecule is O=C(O)C1CN(Cc2cc(F)cc([N+](=O)[O-])c2)CCO1. The van der Waals surface area contributed by atoms with Crippen molar-refractivity contribution in [2.24, 2.45) is 0 Å². The van der Waals surface area contributed by atoms with E-state index in [0.717, 1.165) is 6.07 Å². The van der Waals surface area contributed by atoms with Crippen LogP contribution in [0.15, 0.2) is 18.2 Å². The fraction of sp³-hybridized carbons (Fsp3) is 0.417. The lowest BCUT2D eigenvalue weighted by atomic mass is 10.1. The number of benzene rings is 1. The molecule has 8 heteroatoms. The minimum absolute atomic E-state index is 0.166. The second-order valence-corrected chi connectivity index (χ2v) is 4.51. The van der Waals surface area contributed by atoms with Crippen LogP contribution in [0.4, 0.5) is 10.1 Å². The first-order valence-corrected chi connectivity index (χ1v) is 5.96. The number of hydrogen-bond donors (Lipinski definition) is 1. The number of non-ortho nitro benzene ring substituents is 1. The predicted molar refractivity (Wildman–Crippen MR) is 65.7 cm³/mol. The van der Waals surface area contributed by atoms with E-state index in [4.69, 9.17) is 9.84 Å². The van der Waals surface area contributed by atoms with Crippen molar-refractivity contribution >= 4 is 11.7 Å². The van der Waals surface area contributed by atoms with E-state index in [1.54, 1.807) is 4.90 Å². The average molecular weight is 284 g/mol. The highest BCUT2D eigenvalue weighted by atomic mass is 19.1. The van der Waals surface area contributed by atoms with Crippen LogP contribution >= 0.6 is 0 Å². The molecule has 1 aromatic rings. The molecule has 0 spiro atoms. The van der Waals surface area contributed by atoms with Crippen LogP contribution in [0.3, 0.4) is 0 Å². The molecule has 0 amide bonds. The third-order valence-electron chi connectivity index (χ3n) is 2.99. The number of carboxylic acids is 1. The van der Waals surface area contributed by atoms with Crippen LogP contribution in [0.5, 0.6) is 0 Å². The predicted octanol–water partition coefficient (Wildman–Crippen LogP) is 1.02. The first kappa shape index (κ1) is 14.4. The van der Waals surface area contributed by atoms with Crippen molar-refractivity contribution in [3.05, 3.63) is 39.7 Å². The highest BCUT2D eigenvalue weighted by molar-refractivity contribution is 5.72. The molecule has 2 rings (SSSR count). The summed E-state index contributed by atoms with van der Waals surface area (Å²) in [5, 5.41) is 19.5. The molecule has 0 aliphatic carbocycles. The Morgan fingerprint density at radius 1 is 1.55 bits per heavy atom. The van der Waals surface area contributed by atoms with E-state index in [2.05, 4.69) is 0 Å². The van der Waals surface area contributed by atoms with Crippen LogP contribution in [0.2, 0.25) is 0 Å². The Morgan fingerprint density at radius 2 is 2.30 bits per heavy atom. The summed E-state index contributed by atoms with van der Waals surface area (Å²) >= 11 is 0. The van der Waals surface area contributed by atoms with Gasteiger partial charge < -0.3 is 9.84 Å². The molecule has 1 aliphatic heterocycles. The number of rotatable bonds is 4. The molecule has 1 heterocycles. The number of nitro benzene ring substituents is 1. The van der Waals surface area contributed by atoms with Crippen molar-refractivity contribution in [2.75, 3.05) is 19.7 Å². The molecule has 1 N–H and O–H groups in total. The Bertz CT molecular complexity index is 537. The van der Waals surface area contributed by atoms with E-state index in [1.807, 2.05) is 0 Å². The normalized spacial score (nSPS) is 19.8. The Hall–Kier alpha value is -2.06. The van der Waals surface area contributed by atoms with Gasteiger partial charge in [-0.05, 0) is 11.6 Å². The summed E-state index contributed by atoms with van der Waals surface area (Å²) in [6.07, 6.45) is -0.924. The van der Waals surface area contributed by atoms with Gasteiger partial charge in [0.05, 0.1) is 17.6 Å². The molecule has 20 heavy (non-hydrogen) atoms. The largest absolute Gasteiger partial charge is 0.479 e. The molecule has 108 valence electrons. The fourth-order valence-corrected chi connectivity index (χ4v) is 2.08. The van der Waals surface area contributed by atoms with Gasteiger partial charge in [0, 0.05) is 25.7 Å². The molecule has 1 saturated heterocycles. The minimum Gasteiger partial charge on any atom is -0.479 e. The van der Waals surface area contributed by atoms with Gasteiger partial charge in [-0.15, -0.1) is 0 Å². The number of morpholine rings is 1. The second kappa shape index (κ2) is 5.93. The molecule has 1 fully saturated rings. The highest BCUT2D eigenvalue weighted by Gasteiger charge is 2.26. The summed E-state index contributed by atoms with van der Waals surface area (Å²) in [5.74, 6) is -1.74. The van der Waals surface area contributed by atoms with Crippen LogP contribution in [-0.2, 0) is 16.1 Å². The molecule has 1 atom stereocenters. The zero-order chi connectivity index (χ0) is 14.7. The van der Waals surface area contributed by atoms with Gasteiger partial charge in [0.1, 0.15) is 5.82 Å². The number of hydrogen-bond acceptors (Lipinski definition) is 5. The smallest absolute Gasteiger partial charge is 0.334 e. The van der Waals surface area contributed by atoms with Gasteiger partial charge in [0.25, 0.3) is 5.69 Å². The molecule has 0 saturated carbocycles. The maximum absolute atomic E-state index is 13.3. The first-order chi connectivity index (χ1) is 9.45. The van der Waals surface area contributed by atoms with Gasteiger partial charge in [0.2, 0.25) is 0 Å². The molecule has 0 bridgehead atoms. The lowest BCUT2D eigenvalue weighted by Gasteiger charge is -2.30. The number of halogens is 1. The topological polar surface area (TPSA) is 92.9 Å². The third kappa shape index (κ3) is 3.49. The number of nitrogens with zero attached hydrogens (tertiary/aromatic N) is 2. The first-order valence-electron chi connectivity index (χ1n) is 5.96. The van der Waals surface area contributed by atoms with E-state index in [1.165, 1.54) is 12.1 Å². The second-order valence-electron chi connectivity index (χ2n) is 4.51. The fourth-order valence-electron chi connectivity index (χ4n) is 2.08. The summed E-state index contributed by atoms with van der Waals surface area (Å²) in [5.41, 5.74) is 0.116. The zero-order valence-corrected chi connectivity index (χ0v) is 10.5. The molecule has 1 aliphatic rings. The van der Waals surface area contributed by atoms with E-state index >= 15 is 0 Å². The molecule has 0 radical (unpaired) electrons.